The minimum absolute atomic E-state index is 0.00292. The van der Waals surface area contributed by atoms with E-state index >= 15 is 0 Å². The number of carbonyl (C=O) groups excluding carboxylic acids is 2. The van der Waals surface area contributed by atoms with Gasteiger partial charge in [0.2, 0.25) is 21.8 Å². The van der Waals surface area contributed by atoms with Gasteiger partial charge in [-0.25, -0.2) is 8.42 Å². The first-order valence-electron chi connectivity index (χ1n) is 6.98. The van der Waals surface area contributed by atoms with Crippen LogP contribution in [-0.2, 0) is 19.6 Å². The smallest absolute Gasteiger partial charge is 0.245 e. The molecule has 0 spiro atoms. The second-order valence-electron chi connectivity index (χ2n) is 5.37. The lowest BCUT2D eigenvalue weighted by Gasteiger charge is -2.34. The maximum atomic E-state index is 12.5. The van der Waals surface area contributed by atoms with E-state index in [1.54, 1.807) is 6.92 Å². The highest BCUT2D eigenvalue weighted by Gasteiger charge is 2.40. The summed E-state index contributed by atoms with van der Waals surface area (Å²) in [5, 5.41) is 5.36. The minimum atomic E-state index is -3.60. The van der Waals surface area contributed by atoms with Crippen molar-refractivity contribution in [3.05, 3.63) is 0 Å². The van der Waals surface area contributed by atoms with Crippen molar-refractivity contribution in [3.8, 4) is 0 Å². The van der Waals surface area contributed by atoms with Crippen molar-refractivity contribution < 1.29 is 18.0 Å². The number of carbonyl (C=O) groups is 2. The van der Waals surface area contributed by atoms with Gasteiger partial charge in [0.25, 0.3) is 0 Å². The first kappa shape index (κ1) is 15.4. The molecular weight excluding hydrogens is 282 g/mol. The average Bonchev–Trinajstić information content (AvgIpc) is 2.38. The standard InChI is InChI=1S/C12H21N3O4S/c1-2-10-12(17)14-11(16)7-15(10)20(18,19)8-9-4-3-5-13-6-9/h9-10,13H,2-8H2,1H3,(H,14,16,17). The highest BCUT2D eigenvalue weighted by molar-refractivity contribution is 7.89. The maximum absolute atomic E-state index is 12.5. The number of nitrogens with zero attached hydrogens (tertiary/aromatic N) is 1. The quantitative estimate of drug-likeness (QED) is 0.653. The fourth-order valence-corrected chi connectivity index (χ4v) is 4.80. The lowest BCUT2D eigenvalue weighted by Crippen LogP contribution is -2.60. The van der Waals surface area contributed by atoms with Gasteiger partial charge in [-0.05, 0) is 38.3 Å². The molecule has 2 N–H and O–H groups in total. The molecule has 0 saturated carbocycles. The largest absolute Gasteiger partial charge is 0.316 e. The zero-order valence-electron chi connectivity index (χ0n) is 11.6. The number of hydrogen-bond donors (Lipinski definition) is 2. The number of sulfonamides is 1. The van der Waals surface area contributed by atoms with Gasteiger partial charge < -0.3 is 5.32 Å². The molecule has 2 amide bonds. The Hall–Kier alpha value is -0.990. The van der Waals surface area contributed by atoms with E-state index in [4.69, 9.17) is 0 Å². The highest BCUT2D eigenvalue weighted by Crippen LogP contribution is 2.19. The third-order valence-corrected chi connectivity index (χ3v) is 5.79. The number of rotatable bonds is 4. The number of imide groups is 1. The monoisotopic (exact) mass is 303 g/mol. The molecule has 0 aromatic heterocycles. The third kappa shape index (κ3) is 3.36. The minimum Gasteiger partial charge on any atom is -0.316 e. The summed E-state index contributed by atoms with van der Waals surface area (Å²) in [7, 11) is -3.60. The van der Waals surface area contributed by atoms with E-state index in [-0.39, 0.29) is 18.2 Å². The van der Waals surface area contributed by atoms with Crippen LogP contribution < -0.4 is 10.6 Å². The van der Waals surface area contributed by atoms with E-state index in [9.17, 15) is 18.0 Å². The van der Waals surface area contributed by atoms with Gasteiger partial charge in [0.15, 0.2) is 0 Å². The summed E-state index contributed by atoms with van der Waals surface area (Å²) in [5.74, 6) is -1.03. The molecule has 2 rings (SSSR count). The Morgan fingerprint density at radius 2 is 2.10 bits per heavy atom. The maximum Gasteiger partial charge on any atom is 0.245 e. The first-order valence-corrected chi connectivity index (χ1v) is 8.59. The average molecular weight is 303 g/mol. The third-order valence-electron chi connectivity index (χ3n) is 3.80. The fraction of sp³-hybridized carbons (Fsp3) is 0.833. The summed E-state index contributed by atoms with van der Waals surface area (Å²) >= 11 is 0. The van der Waals surface area contributed by atoms with Crippen LogP contribution in [0.3, 0.4) is 0 Å². The van der Waals surface area contributed by atoms with Gasteiger partial charge in [-0.3, -0.25) is 14.9 Å². The Bertz CT molecular complexity index is 485. The van der Waals surface area contributed by atoms with Crippen molar-refractivity contribution in [3.63, 3.8) is 0 Å². The van der Waals surface area contributed by atoms with Crippen LogP contribution in [0, 0.1) is 5.92 Å². The van der Waals surface area contributed by atoms with Gasteiger partial charge in [0, 0.05) is 0 Å². The van der Waals surface area contributed by atoms with Crippen molar-refractivity contribution in [1.29, 1.82) is 0 Å². The van der Waals surface area contributed by atoms with Gasteiger partial charge in [-0.15, -0.1) is 0 Å². The predicted molar refractivity (Wildman–Crippen MR) is 73.3 cm³/mol. The molecule has 2 aliphatic rings. The SMILES string of the molecule is CCC1C(=O)NC(=O)CN1S(=O)(=O)CC1CCCNC1. The van der Waals surface area contributed by atoms with Crippen molar-refractivity contribution in [2.75, 3.05) is 25.4 Å². The van der Waals surface area contributed by atoms with Crippen molar-refractivity contribution >= 4 is 21.8 Å². The molecule has 20 heavy (non-hydrogen) atoms. The molecule has 0 bridgehead atoms. The zero-order valence-corrected chi connectivity index (χ0v) is 12.4. The van der Waals surface area contributed by atoms with Crippen LogP contribution >= 0.6 is 0 Å². The molecule has 2 unspecified atom stereocenters. The predicted octanol–water partition coefficient (Wildman–Crippen LogP) is -0.947. The van der Waals surface area contributed by atoms with E-state index in [0.717, 1.165) is 23.7 Å². The lowest BCUT2D eigenvalue weighted by molar-refractivity contribution is -0.137. The van der Waals surface area contributed by atoms with E-state index in [1.165, 1.54) is 0 Å². The number of nitrogens with one attached hydrogen (secondary N) is 2. The molecule has 0 aliphatic carbocycles. The van der Waals surface area contributed by atoms with E-state index < -0.39 is 27.9 Å². The van der Waals surface area contributed by atoms with E-state index in [1.807, 2.05) is 0 Å². The summed E-state index contributed by atoms with van der Waals surface area (Å²) in [5.41, 5.74) is 0. The van der Waals surface area contributed by atoms with E-state index in [2.05, 4.69) is 10.6 Å². The lowest BCUT2D eigenvalue weighted by atomic mass is 10.0. The number of hydrogen-bond acceptors (Lipinski definition) is 5. The Kier molecular flexibility index (Phi) is 4.77. The topological polar surface area (TPSA) is 95.6 Å². The number of amides is 2. The van der Waals surface area contributed by atoms with E-state index in [0.29, 0.717) is 13.0 Å². The second kappa shape index (κ2) is 6.19. The van der Waals surface area contributed by atoms with Crippen LogP contribution in [0.25, 0.3) is 0 Å². The molecule has 7 nitrogen and oxygen atoms in total. The summed E-state index contributed by atoms with van der Waals surface area (Å²) in [4.78, 5) is 23.2. The molecule has 0 aromatic rings. The van der Waals surface area contributed by atoms with Crippen molar-refractivity contribution in [2.45, 2.75) is 32.2 Å². The van der Waals surface area contributed by atoms with Crippen molar-refractivity contribution in [2.24, 2.45) is 5.92 Å². The van der Waals surface area contributed by atoms with Crippen LogP contribution in [0.4, 0.5) is 0 Å². The summed E-state index contributed by atoms with van der Waals surface area (Å²) in [6, 6.07) is -0.769. The second-order valence-corrected chi connectivity index (χ2v) is 7.34. The Morgan fingerprint density at radius 1 is 1.35 bits per heavy atom. The molecule has 2 fully saturated rings. The van der Waals surface area contributed by atoms with Crippen LogP contribution in [-0.4, -0.2) is 56.0 Å². The highest BCUT2D eigenvalue weighted by atomic mass is 32.2. The molecule has 0 aromatic carbocycles. The van der Waals surface area contributed by atoms with Crippen LogP contribution in [0.15, 0.2) is 0 Å². The molecule has 8 heteroatoms. The van der Waals surface area contributed by atoms with Crippen molar-refractivity contribution in [1.82, 2.24) is 14.9 Å². The summed E-state index contributed by atoms with van der Waals surface area (Å²) in [6.07, 6.45) is 2.18. The molecule has 0 radical (unpaired) electrons. The molecular formula is C12H21N3O4S. The molecule has 2 aliphatic heterocycles. The Balaban J connectivity index is 2.13. The van der Waals surface area contributed by atoms with Crippen LogP contribution in [0.2, 0.25) is 0 Å². The molecule has 114 valence electrons. The van der Waals surface area contributed by atoms with Gasteiger partial charge in [0.1, 0.15) is 6.04 Å². The van der Waals surface area contributed by atoms with Gasteiger partial charge in [-0.2, -0.15) is 4.31 Å². The number of piperazine rings is 1. The summed E-state index contributed by atoms with van der Waals surface area (Å²) < 4.78 is 26.0. The normalized spacial score (nSPS) is 29.2. The molecule has 2 heterocycles. The number of piperidine rings is 1. The van der Waals surface area contributed by atoms with Gasteiger partial charge in [0.05, 0.1) is 12.3 Å². The van der Waals surface area contributed by atoms with Gasteiger partial charge >= 0.3 is 0 Å². The summed E-state index contributed by atoms with van der Waals surface area (Å²) in [6.45, 7) is 3.07. The molecule has 2 saturated heterocycles. The van der Waals surface area contributed by atoms with Gasteiger partial charge in [-0.1, -0.05) is 6.92 Å². The van der Waals surface area contributed by atoms with Crippen LogP contribution in [0.1, 0.15) is 26.2 Å². The zero-order chi connectivity index (χ0) is 14.8. The first-order chi connectivity index (χ1) is 9.44. The Morgan fingerprint density at radius 3 is 2.70 bits per heavy atom. The Labute approximate surface area is 119 Å². The van der Waals surface area contributed by atoms with Crippen LogP contribution in [0.5, 0.6) is 0 Å². The fourth-order valence-electron chi connectivity index (χ4n) is 2.78. The molecule has 2 atom stereocenters.